The van der Waals surface area contributed by atoms with Gasteiger partial charge in [0.15, 0.2) is 0 Å². The van der Waals surface area contributed by atoms with Crippen molar-refractivity contribution < 1.29 is 4.92 Å². The van der Waals surface area contributed by atoms with Gasteiger partial charge in [0.2, 0.25) is 11.6 Å². The number of hydrogen-bond acceptors (Lipinski definition) is 7. The van der Waals surface area contributed by atoms with Gasteiger partial charge >= 0.3 is 5.69 Å². The third-order valence-corrected chi connectivity index (χ3v) is 3.39. The zero-order chi connectivity index (χ0) is 13.7. The fourth-order valence-electron chi connectivity index (χ4n) is 1.51. The highest BCUT2D eigenvalue weighted by Crippen LogP contribution is 2.30. The Morgan fingerprint density at radius 2 is 2.28 bits per heavy atom. The molecule has 1 aromatic rings. The van der Waals surface area contributed by atoms with Crippen molar-refractivity contribution in [3.05, 3.63) is 16.4 Å². The molecular weight excluding hydrogens is 254 g/mol. The molecule has 0 aliphatic heterocycles. The van der Waals surface area contributed by atoms with Gasteiger partial charge < -0.3 is 10.6 Å². The molecule has 1 aromatic heterocycles. The summed E-state index contributed by atoms with van der Waals surface area (Å²) in [6.45, 7) is 2.00. The normalized spacial score (nSPS) is 12.2. The molecule has 0 aliphatic carbocycles. The van der Waals surface area contributed by atoms with Gasteiger partial charge in [-0.05, 0) is 25.4 Å². The van der Waals surface area contributed by atoms with E-state index in [0.29, 0.717) is 0 Å². The van der Waals surface area contributed by atoms with E-state index in [1.165, 1.54) is 6.33 Å². The van der Waals surface area contributed by atoms with Crippen LogP contribution in [0.1, 0.15) is 13.3 Å². The number of rotatable bonds is 6. The van der Waals surface area contributed by atoms with Gasteiger partial charge in [-0.3, -0.25) is 10.1 Å². The fraction of sp³-hybridized carbons (Fsp3) is 0.600. The SMILES string of the molecule is CSCCC(C)N(C)c1ncnc(N)c1[N+](=O)[O-]. The molecule has 100 valence electrons. The number of anilines is 2. The Morgan fingerprint density at radius 3 is 2.83 bits per heavy atom. The van der Waals surface area contributed by atoms with Crippen LogP contribution in [-0.2, 0) is 0 Å². The fourth-order valence-corrected chi connectivity index (χ4v) is 2.08. The number of nitrogen functional groups attached to an aromatic ring is 1. The van der Waals surface area contributed by atoms with E-state index in [1.807, 2.05) is 13.2 Å². The highest BCUT2D eigenvalue weighted by atomic mass is 32.2. The second-order valence-electron chi connectivity index (χ2n) is 3.93. The van der Waals surface area contributed by atoms with E-state index in [1.54, 1.807) is 23.7 Å². The van der Waals surface area contributed by atoms with E-state index >= 15 is 0 Å². The van der Waals surface area contributed by atoms with E-state index in [0.717, 1.165) is 12.2 Å². The van der Waals surface area contributed by atoms with Crippen molar-refractivity contribution in [3.8, 4) is 0 Å². The Hall–Kier alpha value is -1.57. The van der Waals surface area contributed by atoms with Crippen LogP contribution in [0.3, 0.4) is 0 Å². The lowest BCUT2D eigenvalue weighted by molar-refractivity contribution is -0.383. The molecule has 0 aromatic carbocycles. The van der Waals surface area contributed by atoms with Crippen molar-refractivity contribution in [1.29, 1.82) is 0 Å². The molecule has 1 heterocycles. The van der Waals surface area contributed by atoms with Crippen LogP contribution >= 0.6 is 11.8 Å². The van der Waals surface area contributed by atoms with Crippen molar-refractivity contribution in [3.63, 3.8) is 0 Å². The van der Waals surface area contributed by atoms with E-state index in [9.17, 15) is 10.1 Å². The molecule has 1 unspecified atom stereocenters. The highest BCUT2D eigenvalue weighted by molar-refractivity contribution is 7.98. The molecule has 1 rings (SSSR count). The summed E-state index contributed by atoms with van der Waals surface area (Å²) in [6.07, 6.45) is 4.19. The molecule has 0 aliphatic rings. The van der Waals surface area contributed by atoms with Crippen molar-refractivity contribution >= 4 is 29.1 Å². The lowest BCUT2D eigenvalue weighted by Gasteiger charge is -2.25. The number of hydrogen-bond donors (Lipinski definition) is 1. The molecule has 7 nitrogen and oxygen atoms in total. The van der Waals surface area contributed by atoms with E-state index in [-0.39, 0.29) is 23.4 Å². The molecule has 18 heavy (non-hydrogen) atoms. The van der Waals surface area contributed by atoms with Crippen molar-refractivity contribution in [2.24, 2.45) is 0 Å². The summed E-state index contributed by atoms with van der Waals surface area (Å²) in [5.41, 5.74) is 5.31. The van der Waals surface area contributed by atoms with Gasteiger partial charge in [-0.25, -0.2) is 9.97 Å². The van der Waals surface area contributed by atoms with Crippen LogP contribution in [0.2, 0.25) is 0 Å². The minimum absolute atomic E-state index is 0.103. The third-order valence-electron chi connectivity index (χ3n) is 2.75. The Bertz CT molecular complexity index is 429. The smallest absolute Gasteiger partial charge is 0.353 e. The van der Waals surface area contributed by atoms with Crippen LogP contribution in [0.5, 0.6) is 0 Å². The molecule has 0 radical (unpaired) electrons. The summed E-state index contributed by atoms with van der Waals surface area (Å²) in [6, 6.07) is 0.144. The maximum atomic E-state index is 11.0. The van der Waals surface area contributed by atoms with Gasteiger partial charge in [0, 0.05) is 13.1 Å². The van der Waals surface area contributed by atoms with Gasteiger partial charge in [-0.1, -0.05) is 0 Å². The Morgan fingerprint density at radius 1 is 1.61 bits per heavy atom. The maximum Gasteiger partial charge on any atom is 0.353 e. The molecular formula is C10H17N5O2S. The predicted octanol–water partition coefficient (Wildman–Crippen LogP) is 1.54. The Balaban J connectivity index is 3.01. The summed E-state index contributed by atoms with van der Waals surface area (Å²) >= 11 is 1.74. The highest BCUT2D eigenvalue weighted by Gasteiger charge is 2.25. The largest absolute Gasteiger partial charge is 0.378 e. The number of nitrogens with zero attached hydrogens (tertiary/aromatic N) is 4. The monoisotopic (exact) mass is 271 g/mol. The second-order valence-corrected chi connectivity index (χ2v) is 4.92. The van der Waals surface area contributed by atoms with Crippen molar-refractivity contribution in [2.75, 3.05) is 29.7 Å². The summed E-state index contributed by atoms with van der Waals surface area (Å²) in [5.74, 6) is 1.15. The second kappa shape index (κ2) is 6.39. The zero-order valence-electron chi connectivity index (χ0n) is 10.7. The molecule has 0 fully saturated rings. The lowest BCUT2D eigenvalue weighted by atomic mass is 10.2. The molecule has 8 heteroatoms. The van der Waals surface area contributed by atoms with Crippen LogP contribution in [0, 0.1) is 10.1 Å². The number of aromatic nitrogens is 2. The first-order valence-electron chi connectivity index (χ1n) is 5.45. The first-order chi connectivity index (χ1) is 8.49. The first-order valence-corrected chi connectivity index (χ1v) is 6.85. The van der Waals surface area contributed by atoms with E-state index in [4.69, 9.17) is 5.73 Å². The average molecular weight is 271 g/mol. The lowest BCUT2D eigenvalue weighted by Crippen LogP contribution is -2.31. The van der Waals surface area contributed by atoms with E-state index in [2.05, 4.69) is 9.97 Å². The quantitative estimate of drug-likeness (QED) is 0.619. The molecule has 0 saturated heterocycles. The maximum absolute atomic E-state index is 11.0. The molecule has 0 saturated carbocycles. The van der Waals surface area contributed by atoms with Gasteiger partial charge in [0.25, 0.3) is 0 Å². The van der Waals surface area contributed by atoms with Gasteiger partial charge in [-0.2, -0.15) is 11.8 Å². The topological polar surface area (TPSA) is 98.2 Å². The standard InChI is InChI=1S/C10H17N5O2S/c1-7(4-5-18-3)14(2)10-8(15(16)17)9(11)12-6-13-10/h6-7H,4-5H2,1-3H3,(H2,11,12,13). The summed E-state index contributed by atoms with van der Waals surface area (Å²) < 4.78 is 0. The summed E-state index contributed by atoms with van der Waals surface area (Å²) in [7, 11) is 1.78. The predicted molar refractivity (Wildman–Crippen MR) is 74.0 cm³/mol. The minimum Gasteiger partial charge on any atom is -0.378 e. The number of nitro groups is 1. The summed E-state index contributed by atoms with van der Waals surface area (Å²) in [4.78, 5) is 19.9. The van der Waals surface area contributed by atoms with Gasteiger partial charge in [0.1, 0.15) is 6.33 Å². The Labute approximate surface area is 110 Å². The van der Waals surface area contributed by atoms with Crippen LogP contribution in [0.15, 0.2) is 6.33 Å². The average Bonchev–Trinajstić information content (AvgIpc) is 2.34. The molecule has 0 spiro atoms. The van der Waals surface area contributed by atoms with Crippen LogP contribution in [0.25, 0.3) is 0 Å². The molecule has 0 amide bonds. The third kappa shape index (κ3) is 3.22. The minimum atomic E-state index is -0.539. The summed E-state index contributed by atoms with van der Waals surface area (Å²) in [5, 5.41) is 11.0. The zero-order valence-corrected chi connectivity index (χ0v) is 11.5. The van der Waals surface area contributed by atoms with Crippen LogP contribution in [0.4, 0.5) is 17.3 Å². The molecule has 1 atom stereocenters. The van der Waals surface area contributed by atoms with Crippen molar-refractivity contribution in [1.82, 2.24) is 9.97 Å². The van der Waals surface area contributed by atoms with Crippen LogP contribution < -0.4 is 10.6 Å². The van der Waals surface area contributed by atoms with E-state index < -0.39 is 4.92 Å². The van der Waals surface area contributed by atoms with Gasteiger partial charge in [0.05, 0.1) is 4.92 Å². The Kier molecular flexibility index (Phi) is 5.14. The first kappa shape index (κ1) is 14.5. The van der Waals surface area contributed by atoms with Gasteiger partial charge in [-0.15, -0.1) is 0 Å². The molecule has 0 bridgehead atoms. The van der Waals surface area contributed by atoms with Crippen molar-refractivity contribution in [2.45, 2.75) is 19.4 Å². The number of thioether (sulfide) groups is 1. The molecule has 2 N–H and O–H groups in total. The number of nitrogens with two attached hydrogens (primary N) is 1. The van der Waals surface area contributed by atoms with Crippen LogP contribution in [-0.4, -0.2) is 40.0 Å².